The molecular weight excluding hydrogens is 454 g/mol. The lowest BCUT2D eigenvalue weighted by Gasteiger charge is -2.36. The van der Waals surface area contributed by atoms with Gasteiger partial charge in [-0.1, -0.05) is 0 Å². The average Bonchev–Trinajstić information content (AvgIpc) is 3.57. The van der Waals surface area contributed by atoms with Crippen LogP contribution in [-0.4, -0.2) is 64.4 Å². The summed E-state index contributed by atoms with van der Waals surface area (Å²) in [7, 11) is 3.29. The third-order valence-corrected chi connectivity index (χ3v) is 6.31. The number of nitro benzene ring substituents is 1. The number of rotatable bonds is 9. The Hall–Kier alpha value is -4.06. The van der Waals surface area contributed by atoms with E-state index in [4.69, 9.17) is 9.47 Å². The minimum absolute atomic E-state index is 0.0612. The van der Waals surface area contributed by atoms with Crippen LogP contribution < -0.4 is 15.0 Å². The smallest absolute Gasteiger partial charge is 0.294 e. The summed E-state index contributed by atoms with van der Waals surface area (Å²) >= 11 is 0. The molecule has 182 valence electrons. The minimum atomic E-state index is -0.429. The molecule has 0 bridgehead atoms. The van der Waals surface area contributed by atoms with Crippen molar-refractivity contribution in [3.63, 3.8) is 0 Å². The second kappa shape index (κ2) is 8.95. The summed E-state index contributed by atoms with van der Waals surface area (Å²) in [4.78, 5) is 33.7. The summed E-state index contributed by atoms with van der Waals surface area (Å²) in [6.45, 7) is 2.87. The maximum absolute atomic E-state index is 11.9. The summed E-state index contributed by atoms with van der Waals surface area (Å²) < 4.78 is 12.3. The molecule has 1 saturated heterocycles. The first-order valence-electron chi connectivity index (χ1n) is 11.2. The maximum Gasteiger partial charge on any atom is 0.294 e. The molecule has 12 nitrogen and oxygen atoms in total. The fourth-order valence-electron chi connectivity index (χ4n) is 4.02. The molecule has 2 aromatic heterocycles. The van der Waals surface area contributed by atoms with Crippen molar-refractivity contribution in [1.29, 1.82) is 0 Å². The molecule has 2 aliphatic rings. The number of hydrogen-bond acceptors (Lipinski definition) is 10. The molecule has 1 aliphatic heterocycles. The highest BCUT2D eigenvalue weighted by molar-refractivity contribution is 5.78. The molecule has 0 amide bonds. The highest BCUT2D eigenvalue weighted by Crippen LogP contribution is 2.41. The van der Waals surface area contributed by atoms with Gasteiger partial charge in [-0.05, 0) is 19.8 Å². The van der Waals surface area contributed by atoms with E-state index in [2.05, 4.69) is 20.4 Å². The first kappa shape index (κ1) is 22.7. The normalized spacial score (nSPS) is 15.4. The Kier molecular flexibility index (Phi) is 5.81. The predicted octanol–water partition coefficient (Wildman–Crippen LogP) is 3.16. The third kappa shape index (κ3) is 4.28. The molecule has 12 heteroatoms. The number of hydrogen-bond donors (Lipinski definition) is 1. The number of carbonyl (C=O) groups excluding carboxylic acids is 1. The molecule has 5 rings (SSSR count). The van der Waals surface area contributed by atoms with Crippen molar-refractivity contribution in [2.45, 2.75) is 31.7 Å². The van der Waals surface area contributed by atoms with Crippen LogP contribution in [0.3, 0.4) is 0 Å². The maximum atomic E-state index is 11.9. The molecule has 1 N–H and O–H groups in total. The van der Waals surface area contributed by atoms with Gasteiger partial charge in [0.25, 0.3) is 5.69 Å². The van der Waals surface area contributed by atoms with Gasteiger partial charge in [-0.25, -0.2) is 9.67 Å². The average molecular weight is 479 g/mol. The first-order chi connectivity index (χ1) is 16.9. The lowest BCUT2D eigenvalue weighted by Crippen LogP contribution is -2.47. The Balaban J connectivity index is 1.50. The zero-order valence-electron chi connectivity index (χ0n) is 19.6. The van der Waals surface area contributed by atoms with Crippen LogP contribution in [-0.2, 0) is 4.74 Å². The van der Waals surface area contributed by atoms with Crippen molar-refractivity contribution < 1.29 is 19.2 Å². The molecule has 0 radical (unpaired) electrons. The highest BCUT2D eigenvalue weighted by Gasteiger charge is 2.31. The second-order valence-electron chi connectivity index (χ2n) is 8.73. The number of aromatic nitrogens is 4. The van der Waals surface area contributed by atoms with Crippen molar-refractivity contribution in [3.8, 4) is 11.6 Å². The molecule has 1 aromatic carbocycles. The molecule has 0 atom stereocenters. The standard InChI is InChI=1S/C23H25N7O5/c1-13-8-24-23(26-22(13)29-9-15(10-31)21(27-29)14-4-5-14)25-17-6-19(30(32)33)18(7-20(17)34-3)28(2)16-11-35-12-16/h6-10,14,16H,4-5,11-12H2,1-3H3,(H,24,25,26). The van der Waals surface area contributed by atoms with E-state index in [9.17, 15) is 14.9 Å². The zero-order chi connectivity index (χ0) is 24.7. The number of ether oxygens (including phenoxy) is 2. The lowest BCUT2D eigenvalue weighted by molar-refractivity contribution is -0.384. The van der Waals surface area contributed by atoms with Crippen LogP contribution in [0.2, 0.25) is 0 Å². The number of likely N-dealkylation sites (N-methyl/N-ethyl adjacent to an activating group) is 1. The number of anilines is 3. The van der Waals surface area contributed by atoms with Crippen LogP contribution in [0.4, 0.5) is 23.0 Å². The summed E-state index contributed by atoms with van der Waals surface area (Å²) in [5, 5.41) is 19.5. The summed E-state index contributed by atoms with van der Waals surface area (Å²) in [6.07, 6.45) is 6.14. The van der Waals surface area contributed by atoms with Crippen LogP contribution in [0.25, 0.3) is 5.82 Å². The Morgan fingerprint density at radius 2 is 2.11 bits per heavy atom. The quantitative estimate of drug-likeness (QED) is 0.277. The van der Waals surface area contributed by atoms with E-state index in [1.165, 1.54) is 13.2 Å². The lowest BCUT2D eigenvalue weighted by atomic mass is 10.1. The number of nitro groups is 1. The Morgan fingerprint density at radius 1 is 1.34 bits per heavy atom. The van der Waals surface area contributed by atoms with Crippen LogP contribution in [0, 0.1) is 17.0 Å². The van der Waals surface area contributed by atoms with Crippen LogP contribution in [0.15, 0.2) is 24.5 Å². The van der Waals surface area contributed by atoms with E-state index in [-0.39, 0.29) is 17.7 Å². The van der Waals surface area contributed by atoms with Gasteiger partial charge in [0.2, 0.25) is 5.95 Å². The molecule has 0 unspecified atom stereocenters. The SMILES string of the molecule is COc1cc(N(C)C2COC2)c([N+](=O)[O-])cc1Nc1ncc(C)c(-n2cc(C=O)c(C3CC3)n2)n1. The van der Waals surface area contributed by atoms with Crippen molar-refractivity contribution >= 4 is 29.3 Å². The van der Waals surface area contributed by atoms with E-state index in [1.807, 2.05) is 11.8 Å². The van der Waals surface area contributed by atoms with Crippen LogP contribution in [0.5, 0.6) is 5.75 Å². The third-order valence-electron chi connectivity index (χ3n) is 6.31. The monoisotopic (exact) mass is 479 g/mol. The summed E-state index contributed by atoms with van der Waals surface area (Å²) in [6, 6.07) is 3.10. The van der Waals surface area contributed by atoms with Crippen LogP contribution >= 0.6 is 0 Å². The van der Waals surface area contributed by atoms with Gasteiger partial charge < -0.3 is 19.7 Å². The van der Waals surface area contributed by atoms with Gasteiger partial charge in [-0.3, -0.25) is 14.9 Å². The van der Waals surface area contributed by atoms with Gasteiger partial charge in [0.05, 0.1) is 48.2 Å². The van der Waals surface area contributed by atoms with E-state index in [0.29, 0.717) is 47.6 Å². The fourth-order valence-corrected chi connectivity index (χ4v) is 4.02. The number of aldehydes is 1. The number of methoxy groups -OCH3 is 1. The predicted molar refractivity (Wildman–Crippen MR) is 127 cm³/mol. The number of benzene rings is 1. The van der Waals surface area contributed by atoms with Crippen molar-refractivity contribution in [3.05, 3.63) is 51.5 Å². The Bertz CT molecular complexity index is 1300. The van der Waals surface area contributed by atoms with E-state index < -0.39 is 4.92 Å². The minimum Gasteiger partial charge on any atom is -0.494 e. The van der Waals surface area contributed by atoms with E-state index in [0.717, 1.165) is 30.4 Å². The molecule has 1 aliphatic carbocycles. The van der Waals surface area contributed by atoms with Gasteiger partial charge in [-0.2, -0.15) is 10.1 Å². The van der Waals surface area contributed by atoms with Gasteiger partial charge in [0, 0.05) is 43.1 Å². The van der Waals surface area contributed by atoms with Gasteiger partial charge in [0.1, 0.15) is 11.4 Å². The number of nitrogens with zero attached hydrogens (tertiary/aromatic N) is 6. The van der Waals surface area contributed by atoms with Crippen molar-refractivity contribution in [1.82, 2.24) is 19.7 Å². The molecule has 3 aromatic rings. The highest BCUT2D eigenvalue weighted by atomic mass is 16.6. The molecule has 35 heavy (non-hydrogen) atoms. The Morgan fingerprint density at radius 3 is 2.71 bits per heavy atom. The van der Waals surface area contributed by atoms with E-state index >= 15 is 0 Å². The fraction of sp³-hybridized carbons (Fsp3) is 0.391. The topological polar surface area (TPSA) is 138 Å². The molecule has 1 saturated carbocycles. The summed E-state index contributed by atoms with van der Waals surface area (Å²) in [5.41, 5.74) is 2.79. The van der Waals surface area contributed by atoms with Gasteiger partial charge >= 0.3 is 0 Å². The van der Waals surface area contributed by atoms with Crippen molar-refractivity contribution in [2.75, 3.05) is 37.6 Å². The molecule has 0 spiro atoms. The van der Waals surface area contributed by atoms with Gasteiger partial charge in [0.15, 0.2) is 12.1 Å². The number of aryl methyl sites for hydroxylation is 1. The molecular formula is C23H25N7O5. The molecule has 3 heterocycles. The largest absolute Gasteiger partial charge is 0.494 e. The number of nitrogens with one attached hydrogen (secondary N) is 1. The zero-order valence-corrected chi connectivity index (χ0v) is 19.6. The van der Waals surface area contributed by atoms with Crippen molar-refractivity contribution in [2.24, 2.45) is 0 Å². The molecule has 2 fully saturated rings. The van der Waals surface area contributed by atoms with Gasteiger partial charge in [-0.15, -0.1) is 0 Å². The second-order valence-corrected chi connectivity index (χ2v) is 8.73. The Labute approximate surface area is 201 Å². The summed E-state index contributed by atoms with van der Waals surface area (Å²) in [5.74, 6) is 1.43. The van der Waals surface area contributed by atoms with Crippen LogP contribution in [0.1, 0.15) is 40.4 Å². The van der Waals surface area contributed by atoms with E-state index in [1.54, 1.807) is 30.2 Å². The number of carbonyl (C=O) groups is 1. The first-order valence-corrected chi connectivity index (χ1v) is 11.2.